The second-order valence-electron chi connectivity index (χ2n) is 6.40. The highest BCUT2D eigenvalue weighted by molar-refractivity contribution is 7.98. The number of aliphatic hydroxyl groups excluding tert-OH is 1. The zero-order valence-electron chi connectivity index (χ0n) is 13.5. The summed E-state index contributed by atoms with van der Waals surface area (Å²) in [6.45, 7) is 2.43. The molecule has 0 amide bonds. The molecule has 22 heavy (non-hydrogen) atoms. The van der Waals surface area contributed by atoms with Crippen LogP contribution in [-0.2, 0) is 12.8 Å². The van der Waals surface area contributed by atoms with E-state index >= 15 is 0 Å². The van der Waals surface area contributed by atoms with Gasteiger partial charge in [-0.2, -0.15) is 11.8 Å². The summed E-state index contributed by atoms with van der Waals surface area (Å²) in [6.07, 6.45) is 6.36. The van der Waals surface area contributed by atoms with Gasteiger partial charge in [-0.25, -0.2) is 0 Å². The Morgan fingerprint density at radius 1 is 1.45 bits per heavy atom. The van der Waals surface area contributed by atoms with Crippen LogP contribution in [0.4, 0.5) is 0 Å². The van der Waals surface area contributed by atoms with E-state index in [0.717, 1.165) is 25.0 Å². The molecule has 1 aromatic carbocycles. The highest BCUT2D eigenvalue weighted by atomic mass is 32.2. The monoisotopic (exact) mass is 318 g/mol. The summed E-state index contributed by atoms with van der Waals surface area (Å²) in [5, 5.41) is 14.4. The molecule has 0 aliphatic heterocycles. The van der Waals surface area contributed by atoms with Gasteiger partial charge >= 0.3 is 0 Å². The molecule has 2 atom stereocenters. The minimum Gasteiger partial charge on any atom is -0.396 e. The van der Waals surface area contributed by atoms with Crippen molar-refractivity contribution >= 4 is 22.7 Å². The molecule has 0 radical (unpaired) electrons. The van der Waals surface area contributed by atoms with Crippen LogP contribution in [0.2, 0.25) is 0 Å². The number of thioether (sulfide) groups is 1. The predicted octanol–water partition coefficient (Wildman–Crippen LogP) is 3.04. The molecular formula is C18H26N2OS. The van der Waals surface area contributed by atoms with E-state index < -0.39 is 0 Å². The van der Waals surface area contributed by atoms with Crippen molar-refractivity contribution in [2.45, 2.75) is 44.7 Å². The minimum absolute atomic E-state index is 0.266. The lowest BCUT2D eigenvalue weighted by Crippen LogP contribution is -2.43. The first-order valence-corrected chi connectivity index (χ1v) is 9.56. The maximum atomic E-state index is 9.24. The molecule has 4 heteroatoms. The quantitative estimate of drug-likeness (QED) is 0.767. The van der Waals surface area contributed by atoms with Crippen LogP contribution in [-0.4, -0.2) is 40.8 Å². The van der Waals surface area contributed by atoms with Crippen LogP contribution in [0.25, 0.3) is 10.9 Å². The van der Waals surface area contributed by atoms with Gasteiger partial charge in [-0.3, -0.25) is 0 Å². The molecule has 0 spiro atoms. The number of H-pyrrole nitrogens is 1. The molecular weight excluding hydrogens is 292 g/mol. The van der Waals surface area contributed by atoms with E-state index in [2.05, 4.69) is 41.7 Å². The van der Waals surface area contributed by atoms with Gasteiger partial charge in [-0.05, 0) is 56.6 Å². The molecule has 0 bridgehead atoms. The Morgan fingerprint density at radius 2 is 2.32 bits per heavy atom. The second-order valence-corrected chi connectivity index (χ2v) is 7.31. The first-order chi connectivity index (χ1) is 10.7. The van der Waals surface area contributed by atoms with Crippen LogP contribution in [0.1, 0.15) is 29.7 Å². The molecule has 1 aromatic heterocycles. The van der Waals surface area contributed by atoms with Crippen LogP contribution in [0.3, 0.4) is 0 Å². The Hall–Kier alpha value is -0.970. The molecule has 2 unspecified atom stereocenters. The van der Waals surface area contributed by atoms with Gasteiger partial charge in [-0.1, -0.05) is 11.6 Å². The lowest BCUT2D eigenvalue weighted by molar-refractivity contribution is 0.261. The van der Waals surface area contributed by atoms with E-state index in [1.165, 1.54) is 34.1 Å². The first kappa shape index (κ1) is 15.9. The van der Waals surface area contributed by atoms with Gasteiger partial charge in [-0.15, -0.1) is 0 Å². The Morgan fingerprint density at radius 3 is 3.09 bits per heavy atom. The maximum absolute atomic E-state index is 9.24. The van der Waals surface area contributed by atoms with Gasteiger partial charge in [0.25, 0.3) is 0 Å². The zero-order valence-corrected chi connectivity index (χ0v) is 14.3. The molecule has 0 saturated carbocycles. The third-order valence-electron chi connectivity index (χ3n) is 4.66. The Bertz CT molecular complexity index is 631. The fourth-order valence-electron chi connectivity index (χ4n) is 3.58. The standard InChI is InChI=1S/C18H26N2OS/c1-12-3-5-17-15(9-12)16-10-13(4-6-18(16)20-17)19-14(7-8-21)11-22-2/h3,5,9,13-14,19-21H,4,6-8,10-11H2,1-2H3. The highest BCUT2D eigenvalue weighted by Gasteiger charge is 2.24. The third-order valence-corrected chi connectivity index (χ3v) is 5.40. The Balaban J connectivity index is 1.77. The van der Waals surface area contributed by atoms with Crippen molar-refractivity contribution in [2.75, 3.05) is 18.6 Å². The number of aromatic amines is 1. The summed E-state index contributed by atoms with van der Waals surface area (Å²) >= 11 is 1.85. The second kappa shape index (κ2) is 7.07. The van der Waals surface area contributed by atoms with Gasteiger partial charge in [0.1, 0.15) is 0 Å². The number of aryl methyl sites for hydroxylation is 2. The van der Waals surface area contributed by atoms with Crippen LogP contribution in [0.15, 0.2) is 18.2 Å². The molecule has 3 rings (SSSR count). The molecule has 120 valence electrons. The van der Waals surface area contributed by atoms with Gasteiger partial charge in [0.05, 0.1) is 0 Å². The topological polar surface area (TPSA) is 48.0 Å². The molecule has 1 aliphatic rings. The van der Waals surface area contributed by atoms with E-state index in [1.54, 1.807) is 0 Å². The van der Waals surface area contributed by atoms with E-state index in [-0.39, 0.29) is 6.61 Å². The Labute approximate surface area is 136 Å². The van der Waals surface area contributed by atoms with Crippen LogP contribution in [0, 0.1) is 6.92 Å². The SMILES string of the molecule is CSCC(CCO)NC1CCc2[nH]c3ccc(C)cc3c2C1. The summed E-state index contributed by atoms with van der Waals surface area (Å²) in [5.74, 6) is 1.07. The summed E-state index contributed by atoms with van der Waals surface area (Å²) in [4.78, 5) is 3.60. The van der Waals surface area contributed by atoms with Crippen molar-refractivity contribution in [1.29, 1.82) is 0 Å². The van der Waals surface area contributed by atoms with Crippen molar-refractivity contribution < 1.29 is 5.11 Å². The number of rotatable bonds is 6. The highest BCUT2D eigenvalue weighted by Crippen LogP contribution is 2.30. The number of hydrogen-bond donors (Lipinski definition) is 3. The zero-order chi connectivity index (χ0) is 15.5. The molecule has 0 fully saturated rings. The molecule has 2 aromatic rings. The van der Waals surface area contributed by atoms with Gasteiger partial charge < -0.3 is 15.4 Å². The molecule has 3 N–H and O–H groups in total. The smallest absolute Gasteiger partial charge is 0.0459 e. The van der Waals surface area contributed by atoms with Crippen LogP contribution < -0.4 is 5.32 Å². The number of aromatic nitrogens is 1. The first-order valence-electron chi connectivity index (χ1n) is 8.17. The van der Waals surface area contributed by atoms with E-state index in [1.807, 2.05) is 11.8 Å². The predicted molar refractivity (Wildman–Crippen MR) is 95.9 cm³/mol. The summed E-state index contributed by atoms with van der Waals surface area (Å²) in [5.41, 5.74) is 5.51. The lowest BCUT2D eigenvalue weighted by Gasteiger charge is -2.28. The van der Waals surface area contributed by atoms with Crippen LogP contribution in [0.5, 0.6) is 0 Å². The minimum atomic E-state index is 0.266. The number of nitrogens with one attached hydrogen (secondary N) is 2. The van der Waals surface area contributed by atoms with Gasteiger partial charge in [0.2, 0.25) is 0 Å². The average molecular weight is 318 g/mol. The van der Waals surface area contributed by atoms with Crippen molar-refractivity contribution in [3.8, 4) is 0 Å². The fraction of sp³-hybridized carbons (Fsp3) is 0.556. The number of hydrogen-bond acceptors (Lipinski definition) is 3. The Kier molecular flexibility index (Phi) is 5.11. The number of benzene rings is 1. The van der Waals surface area contributed by atoms with Crippen molar-refractivity contribution in [2.24, 2.45) is 0 Å². The molecule has 1 aliphatic carbocycles. The van der Waals surface area contributed by atoms with E-state index in [4.69, 9.17) is 0 Å². The van der Waals surface area contributed by atoms with Crippen molar-refractivity contribution in [3.05, 3.63) is 35.0 Å². The summed E-state index contributed by atoms with van der Waals surface area (Å²) < 4.78 is 0. The summed E-state index contributed by atoms with van der Waals surface area (Å²) in [6, 6.07) is 7.62. The normalized spacial score (nSPS) is 19.3. The largest absolute Gasteiger partial charge is 0.396 e. The number of aliphatic hydroxyl groups is 1. The molecule has 1 heterocycles. The lowest BCUT2D eigenvalue weighted by atomic mass is 9.90. The number of fused-ring (bicyclic) bond motifs is 3. The van der Waals surface area contributed by atoms with Crippen LogP contribution >= 0.6 is 11.8 Å². The summed E-state index contributed by atoms with van der Waals surface area (Å²) in [7, 11) is 0. The van der Waals surface area contributed by atoms with Gasteiger partial charge in [0.15, 0.2) is 0 Å². The van der Waals surface area contributed by atoms with E-state index in [0.29, 0.717) is 12.1 Å². The maximum Gasteiger partial charge on any atom is 0.0459 e. The van der Waals surface area contributed by atoms with E-state index in [9.17, 15) is 5.11 Å². The molecule has 3 nitrogen and oxygen atoms in total. The van der Waals surface area contributed by atoms with Crippen molar-refractivity contribution in [1.82, 2.24) is 10.3 Å². The fourth-order valence-corrected chi connectivity index (χ4v) is 4.24. The third kappa shape index (κ3) is 3.34. The van der Waals surface area contributed by atoms with Crippen molar-refractivity contribution in [3.63, 3.8) is 0 Å². The average Bonchev–Trinajstić information content (AvgIpc) is 2.85. The van der Waals surface area contributed by atoms with Gasteiger partial charge in [0, 0.05) is 41.0 Å². The molecule has 0 saturated heterocycles.